The summed E-state index contributed by atoms with van der Waals surface area (Å²) < 4.78 is 38.6. The summed E-state index contributed by atoms with van der Waals surface area (Å²) in [5.74, 6) is -5.29. The molecule has 5 nitrogen and oxygen atoms in total. The summed E-state index contributed by atoms with van der Waals surface area (Å²) >= 11 is 0.506. The van der Waals surface area contributed by atoms with Crippen molar-refractivity contribution >= 4 is 23.7 Å². The summed E-state index contributed by atoms with van der Waals surface area (Å²) in [6.07, 6.45) is -1.92. The van der Waals surface area contributed by atoms with Crippen LogP contribution in [0.1, 0.15) is 20.7 Å². The summed E-state index contributed by atoms with van der Waals surface area (Å²) in [6, 6.07) is 15.8. The van der Waals surface area contributed by atoms with Gasteiger partial charge >= 0.3 is 17.9 Å². The third-order valence-electron chi connectivity index (χ3n) is 3.98. The minimum absolute atomic E-state index is 0.111. The predicted molar refractivity (Wildman–Crippen MR) is 94.7 cm³/mol. The molecule has 2 aromatic carbocycles. The Morgan fingerprint density at radius 1 is 0.963 bits per heavy atom. The first-order valence-electron chi connectivity index (χ1n) is 8.09. The van der Waals surface area contributed by atoms with Gasteiger partial charge in [0, 0.05) is 0 Å². The molecule has 3 unspecified atom stereocenters. The van der Waals surface area contributed by atoms with Crippen LogP contribution in [0, 0.1) is 0 Å². The molecule has 0 aromatic heterocycles. The average Bonchev–Trinajstić information content (AvgIpc) is 2.90. The number of aliphatic hydroxyl groups is 1. The number of halogens is 2. The lowest BCUT2D eigenvalue weighted by atomic mass is 10.1. The number of hydrogen-bond acceptors (Lipinski definition) is 6. The van der Waals surface area contributed by atoms with E-state index in [1.165, 1.54) is 24.3 Å². The molecule has 1 fully saturated rings. The molecule has 0 amide bonds. The zero-order chi connectivity index (χ0) is 19.4. The van der Waals surface area contributed by atoms with Crippen LogP contribution >= 0.6 is 11.8 Å². The lowest BCUT2D eigenvalue weighted by Crippen LogP contribution is -2.44. The van der Waals surface area contributed by atoms with Gasteiger partial charge in [-0.1, -0.05) is 36.4 Å². The maximum atomic E-state index is 14.3. The summed E-state index contributed by atoms with van der Waals surface area (Å²) in [4.78, 5) is 24.2. The molecule has 0 spiro atoms. The van der Waals surface area contributed by atoms with Gasteiger partial charge in [-0.25, -0.2) is 9.59 Å². The number of hydrogen-bond donors (Lipinski definition) is 1. The Morgan fingerprint density at radius 3 is 2.04 bits per heavy atom. The van der Waals surface area contributed by atoms with Crippen molar-refractivity contribution in [3.63, 3.8) is 0 Å². The Kier molecular flexibility index (Phi) is 5.76. The van der Waals surface area contributed by atoms with Crippen LogP contribution in [0.2, 0.25) is 0 Å². The molecule has 1 aliphatic heterocycles. The second-order valence-electron chi connectivity index (χ2n) is 5.86. The number of alkyl halides is 2. The molecule has 1 N–H and O–H groups in total. The normalized spacial score (nSPS) is 23.6. The van der Waals surface area contributed by atoms with Crippen molar-refractivity contribution in [3.05, 3.63) is 71.8 Å². The van der Waals surface area contributed by atoms with Gasteiger partial charge < -0.3 is 14.6 Å². The van der Waals surface area contributed by atoms with Gasteiger partial charge in [0.05, 0.1) is 16.4 Å². The van der Waals surface area contributed by atoms with E-state index in [9.17, 15) is 23.5 Å². The molecular formula is C19H16F2O5S. The lowest BCUT2D eigenvalue weighted by Gasteiger charge is -2.24. The smallest absolute Gasteiger partial charge is 0.338 e. The first-order valence-corrected chi connectivity index (χ1v) is 9.03. The van der Waals surface area contributed by atoms with E-state index in [0.29, 0.717) is 11.8 Å². The van der Waals surface area contributed by atoms with Gasteiger partial charge in [0.2, 0.25) is 0 Å². The quantitative estimate of drug-likeness (QED) is 0.786. The fourth-order valence-corrected chi connectivity index (χ4v) is 3.74. The fraction of sp³-hybridized carbons (Fsp3) is 0.263. The minimum atomic E-state index is -3.67. The molecular weight excluding hydrogens is 378 g/mol. The number of esters is 2. The second kappa shape index (κ2) is 8.06. The lowest BCUT2D eigenvalue weighted by molar-refractivity contribution is -0.142. The molecule has 0 bridgehead atoms. The molecule has 0 saturated carbocycles. The van der Waals surface area contributed by atoms with Gasteiger partial charge in [0.1, 0.15) is 6.61 Å². The number of benzene rings is 2. The molecule has 3 rings (SSSR count). The van der Waals surface area contributed by atoms with Crippen LogP contribution in [-0.4, -0.2) is 46.4 Å². The van der Waals surface area contributed by atoms with E-state index in [1.54, 1.807) is 36.4 Å². The topological polar surface area (TPSA) is 72.8 Å². The van der Waals surface area contributed by atoms with Crippen molar-refractivity contribution in [2.24, 2.45) is 0 Å². The van der Waals surface area contributed by atoms with Crippen molar-refractivity contribution in [3.8, 4) is 0 Å². The van der Waals surface area contributed by atoms with Gasteiger partial charge in [0.25, 0.3) is 0 Å². The number of carbonyl (C=O) groups is 2. The summed E-state index contributed by atoms with van der Waals surface area (Å²) in [5.41, 5.74) is -1.68. The summed E-state index contributed by atoms with van der Waals surface area (Å²) in [7, 11) is 0. The highest BCUT2D eigenvalue weighted by Crippen LogP contribution is 2.46. The van der Waals surface area contributed by atoms with Crippen LogP contribution < -0.4 is 0 Å². The van der Waals surface area contributed by atoms with Crippen LogP contribution in [-0.2, 0) is 9.47 Å². The van der Waals surface area contributed by atoms with Crippen molar-refractivity contribution < 1.29 is 33.0 Å². The van der Waals surface area contributed by atoms with Crippen molar-refractivity contribution in [1.82, 2.24) is 0 Å². The van der Waals surface area contributed by atoms with Crippen LogP contribution in [0.3, 0.4) is 0 Å². The Hall–Kier alpha value is -2.45. The van der Waals surface area contributed by atoms with Crippen molar-refractivity contribution in [1.29, 1.82) is 0 Å². The molecule has 1 saturated heterocycles. The average molecular weight is 394 g/mol. The van der Waals surface area contributed by atoms with Gasteiger partial charge in [-0.05, 0) is 24.3 Å². The van der Waals surface area contributed by atoms with Crippen molar-refractivity contribution in [2.75, 3.05) is 6.61 Å². The highest BCUT2D eigenvalue weighted by atomic mass is 32.2. The van der Waals surface area contributed by atoms with E-state index in [0.717, 1.165) is 0 Å². The number of carbonyl (C=O) groups excluding carboxylic acids is 2. The molecule has 1 aliphatic rings. The maximum Gasteiger partial charge on any atom is 0.338 e. The molecule has 1 heterocycles. The standard InChI is InChI=1S/C19H16F2O5S/c20-19(21)15(26-17(23)13-9-5-2-6-10-13)14(27-18(19)24)11-25-16(22)12-7-3-1-4-8-12/h1-10,14-15,18,24H,11H2. The summed E-state index contributed by atoms with van der Waals surface area (Å²) in [5, 5.41) is 8.54. The summed E-state index contributed by atoms with van der Waals surface area (Å²) in [6.45, 7) is -0.433. The maximum absolute atomic E-state index is 14.3. The highest BCUT2D eigenvalue weighted by Gasteiger charge is 2.60. The number of rotatable bonds is 5. The van der Waals surface area contributed by atoms with Crippen LogP contribution in [0.15, 0.2) is 60.7 Å². The molecule has 3 atom stereocenters. The van der Waals surface area contributed by atoms with E-state index in [4.69, 9.17) is 9.47 Å². The van der Waals surface area contributed by atoms with Gasteiger partial charge in [-0.2, -0.15) is 8.78 Å². The highest BCUT2D eigenvalue weighted by molar-refractivity contribution is 8.00. The van der Waals surface area contributed by atoms with Gasteiger partial charge in [0.15, 0.2) is 11.5 Å². The largest absolute Gasteiger partial charge is 0.461 e. The first kappa shape index (κ1) is 19.3. The molecule has 0 radical (unpaired) electrons. The number of ether oxygens (including phenoxy) is 2. The third-order valence-corrected chi connectivity index (χ3v) is 5.29. The SMILES string of the molecule is O=C(OCC1SC(O)C(F)(F)C1OC(=O)c1ccccc1)c1ccccc1. The van der Waals surface area contributed by atoms with E-state index >= 15 is 0 Å². The van der Waals surface area contributed by atoms with Crippen LogP contribution in [0.4, 0.5) is 8.78 Å². The van der Waals surface area contributed by atoms with Crippen molar-refractivity contribution in [2.45, 2.75) is 22.7 Å². The van der Waals surface area contributed by atoms with Crippen LogP contribution in [0.5, 0.6) is 0 Å². The Labute approximate surface area is 158 Å². The molecule has 8 heteroatoms. The zero-order valence-corrected chi connectivity index (χ0v) is 14.8. The van der Waals surface area contributed by atoms with E-state index in [1.807, 2.05) is 0 Å². The number of aliphatic hydroxyl groups excluding tert-OH is 1. The predicted octanol–water partition coefficient (Wildman–Crippen LogP) is 3.14. The zero-order valence-electron chi connectivity index (χ0n) is 14.0. The molecule has 0 aliphatic carbocycles. The molecule has 142 valence electrons. The van der Waals surface area contributed by atoms with Gasteiger partial charge in [-0.15, -0.1) is 11.8 Å². The minimum Gasteiger partial charge on any atom is -0.461 e. The van der Waals surface area contributed by atoms with E-state index in [-0.39, 0.29) is 11.1 Å². The van der Waals surface area contributed by atoms with Gasteiger partial charge in [-0.3, -0.25) is 0 Å². The second-order valence-corrected chi connectivity index (χ2v) is 7.18. The molecule has 2 aromatic rings. The Bertz CT molecular complexity index is 800. The van der Waals surface area contributed by atoms with E-state index < -0.39 is 41.3 Å². The fourth-order valence-electron chi connectivity index (χ4n) is 2.57. The third kappa shape index (κ3) is 4.28. The Balaban J connectivity index is 1.69. The molecule has 27 heavy (non-hydrogen) atoms. The first-order chi connectivity index (χ1) is 12.9. The monoisotopic (exact) mass is 394 g/mol. The van der Waals surface area contributed by atoms with E-state index in [2.05, 4.69) is 0 Å². The number of thioether (sulfide) groups is 1. The van der Waals surface area contributed by atoms with Crippen LogP contribution in [0.25, 0.3) is 0 Å². The Morgan fingerprint density at radius 2 is 1.48 bits per heavy atom.